The molecule has 2 aromatic heterocycles. The summed E-state index contributed by atoms with van der Waals surface area (Å²) in [4.78, 5) is 13.7. The van der Waals surface area contributed by atoms with Crippen molar-refractivity contribution in [3.63, 3.8) is 0 Å². The van der Waals surface area contributed by atoms with Gasteiger partial charge in [-0.25, -0.2) is 9.97 Å². The van der Waals surface area contributed by atoms with E-state index in [1.165, 1.54) is 11.5 Å². The zero-order valence-corrected chi connectivity index (χ0v) is 13.0. The molecule has 0 aromatic carbocycles. The van der Waals surface area contributed by atoms with Gasteiger partial charge in [0.15, 0.2) is 0 Å². The predicted octanol–water partition coefficient (Wildman–Crippen LogP) is 1.28. The van der Waals surface area contributed by atoms with E-state index in [4.69, 9.17) is 5.73 Å². The van der Waals surface area contributed by atoms with Crippen molar-refractivity contribution in [2.45, 2.75) is 19.9 Å². The minimum atomic E-state index is 0.540. The molecule has 1 aliphatic heterocycles. The van der Waals surface area contributed by atoms with Gasteiger partial charge in [0.05, 0.1) is 0 Å². The number of nitrogens with two attached hydrogens (primary N) is 1. The highest BCUT2D eigenvalue weighted by atomic mass is 32.1. The van der Waals surface area contributed by atoms with Crippen LogP contribution in [-0.4, -0.2) is 40.5 Å². The molecule has 0 amide bonds. The number of hydrogen-bond donors (Lipinski definition) is 1. The van der Waals surface area contributed by atoms with Gasteiger partial charge in [-0.1, -0.05) is 13.0 Å². The van der Waals surface area contributed by atoms with Crippen LogP contribution in [0.3, 0.4) is 0 Å². The predicted molar refractivity (Wildman–Crippen MR) is 85.8 cm³/mol. The van der Waals surface area contributed by atoms with Crippen LogP contribution in [0.4, 0.5) is 10.9 Å². The molecule has 7 heteroatoms. The van der Waals surface area contributed by atoms with Gasteiger partial charge in [-0.05, 0) is 11.6 Å². The number of hydrogen-bond acceptors (Lipinski definition) is 7. The molecule has 0 bridgehead atoms. The van der Waals surface area contributed by atoms with Crippen molar-refractivity contribution in [1.29, 1.82) is 0 Å². The zero-order valence-electron chi connectivity index (χ0n) is 12.2. The lowest BCUT2D eigenvalue weighted by atomic mass is 10.2. The molecular weight excluding hydrogens is 284 g/mol. The SMILES string of the molecule is CCc1nsc(N2CCN(c3ccc(CN)cn3)CC2)n1. The summed E-state index contributed by atoms with van der Waals surface area (Å²) in [5.41, 5.74) is 6.67. The van der Waals surface area contributed by atoms with E-state index in [1.807, 2.05) is 12.3 Å². The van der Waals surface area contributed by atoms with Crippen LogP contribution >= 0.6 is 11.5 Å². The maximum atomic E-state index is 5.60. The van der Waals surface area contributed by atoms with Crippen molar-refractivity contribution < 1.29 is 0 Å². The van der Waals surface area contributed by atoms with Crippen molar-refractivity contribution in [1.82, 2.24) is 14.3 Å². The first kappa shape index (κ1) is 14.2. The molecule has 0 spiro atoms. The molecule has 112 valence electrons. The Morgan fingerprint density at radius 1 is 1.19 bits per heavy atom. The molecule has 1 saturated heterocycles. The number of aryl methyl sites for hydroxylation is 1. The molecule has 1 fully saturated rings. The van der Waals surface area contributed by atoms with Gasteiger partial charge in [0, 0.05) is 56.9 Å². The van der Waals surface area contributed by atoms with E-state index in [2.05, 4.69) is 37.1 Å². The highest BCUT2D eigenvalue weighted by molar-refractivity contribution is 7.09. The Balaban J connectivity index is 1.61. The van der Waals surface area contributed by atoms with E-state index < -0.39 is 0 Å². The van der Waals surface area contributed by atoms with Crippen molar-refractivity contribution in [2.75, 3.05) is 36.0 Å². The minimum absolute atomic E-state index is 0.540. The van der Waals surface area contributed by atoms with Gasteiger partial charge < -0.3 is 15.5 Å². The summed E-state index contributed by atoms with van der Waals surface area (Å²) < 4.78 is 4.36. The van der Waals surface area contributed by atoms with E-state index in [1.54, 1.807) is 0 Å². The fraction of sp³-hybridized carbons (Fsp3) is 0.500. The number of pyridine rings is 1. The first-order chi connectivity index (χ1) is 10.3. The van der Waals surface area contributed by atoms with Crippen molar-refractivity contribution in [3.8, 4) is 0 Å². The molecule has 0 unspecified atom stereocenters. The Morgan fingerprint density at radius 2 is 1.95 bits per heavy atom. The second kappa shape index (κ2) is 6.36. The third-order valence-electron chi connectivity index (χ3n) is 3.69. The molecule has 2 N–H and O–H groups in total. The van der Waals surface area contributed by atoms with Crippen LogP contribution in [0.25, 0.3) is 0 Å². The number of piperazine rings is 1. The summed E-state index contributed by atoms with van der Waals surface area (Å²) >= 11 is 1.50. The summed E-state index contributed by atoms with van der Waals surface area (Å²) in [5.74, 6) is 1.97. The molecule has 21 heavy (non-hydrogen) atoms. The average molecular weight is 304 g/mol. The van der Waals surface area contributed by atoms with Crippen LogP contribution in [-0.2, 0) is 13.0 Å². The van der Waals surface area contributed by atoms with E-state index in [0.29, 0.717) is 6.54 Å². The van der Waals surface area contributed by atoms with E-state index in [-0.39, 0.29) is 0 Å². The lowest BCUT2D eigenvalue weighted by Gasteiger charge is -2.35. The summed E-state index contributed by atoms with van der Waals surface area (Å²) in [5, 5.41) is 1.04. The van der Waals surface area contributed by atoms with Crippen molar-refractivity contribution in [3.05, 3.63) is 29.7 Å². The zero-order chi connectivity index (χ0) is 14.7. The Morgan fingerprint density at radius 3 is 2.52 bits per heavy atom. The maximum absolute atomic E-state index is 5.60. The molecular formula is C14H20N6S. The van der Waals surface area contributed by atoms with Crippen LogP contribution in [0.15, 0.2) is 18.3 Å². The first-order valence-corrected chi connectivity index (χ1v) is 8.05. The lowest BCUT2D eigenvalue weighted by Crippen LogP contribution is -2.46. The second-order valence-corrected chi connectivity index (χ2v) is 5.78. The Labute approximate surface area is 128 Å². The maximum Gasteiger partial charge on any atom is 0.205 e. The molecule has 1 aliphatic rings. The van der Waals surface area contributed by atoms with Crippen molar-refractivity contribution in [2.24, 2.45) is 5.73 Å². The number of anilines is 2. The van der Waals surface area contributed by atoms with Gasteiger partial charge in [-0.2, -0.15) is 4.37 Å². The Hall–Kier alpha value is -1.73. The monoisotopic (exact) mass is 304 g/mol. The van der Waals surface area contributed by atoms with Gasteiger partial charge in [0.1, 0.15) is 11.6 Å². The van der Waals surface area contributed by atoms with Gasteiger partial charge in [-0.15, -0.1) is 0 Å². The van der Waals surface area contributed by atoms with Crippen LogP contribution in [0.5, 0.6) is 0 Å². The molecule has 6 nitrogen and oxygen atoms in total. The van der Waals surface area contributed by atoms with E-state index in [9.17, 15) is 0 Å². The smallest absolute Gasteiger partial charge is 0.205 e. The minimum Gasteiger partial charge on any atom is -0.353 e. The van der Waals surface area contributed by atoms with E-state index in [0.717, 1.165) is 54.9 Å². The van der Waals surface area contributed by atoms with Gasteiger partial charge in [-0.3, -0.25) is 0 Å². The Bertz CT molecular complexity index is 573. The highest BCUT2D eigenvalue weighted by Gasteiger charge is 2.20. The summed E-state index contributed by atoms with van der Waals surface area (Å²) in [6.07, 6.45) is 2.76. The molecule has 0 saturated carbocycles. The van der Waals surface area contributed by atoms with Crippen LogP contribution in [0.1, 0.15) is 18.3 Å². The normalized spacial score (nSPS) is 15.5. The first-order valence-electron chi connectivity index (χ1n) is 7.27. The lowest BCUT2D eigenvalue weighted by molar-refractivity contribution is 0.645. The van der Waals surface area contributed by atoms with Crippen LogP contribution in [0.2, 0.25) is 0 Å². The fourth-order valence-corrected chi connectivity index (χ4v) is 3.17. The second-order valence-electron chi connectivity index (χ2n) is 5.05. The van der Waals surface area contributed by atoms with Gasteiger partial charge in [0.25, 0.3) is 0 Å². The standard InChI is InChI=1S/C14H20N6S/c1-2-12-17-14(21-18-12)20-7-5-19(6-8-20)13-4-3-11(9-15)10-16-13/h3-4,10H,2,5-9,15H2,1H3. The van der Waals surface area contributed by atoms with Crippen molar-refractivity contribution >= 4 is 22.5 Å². The average Bonchev–Trinajstić information content (AvgIpc) is 3.04. The molecule has 0 aliphatic carbocycles. The number of aromatic nitrogens is 3. The summed E-state index contributed by atoms with van der Waals surface area (Å²) in [6.45, 7) is 6.45. The summed E-state index contributed by atoms with van der Waals surface area (Å²) in [7, 11) is 0. The molecule has 3 rings (SSSR count). The molecule has 3 heterocycles. The van der Waals surface area contributed by atoms with Crippen LogP contribution < -0.4 is 15.5 Å². The molecule has 0 atom stereocenters. The fourth-order valence-electron chi connectivity index (χ4n) is 2.37. The quantitative estimate of drug-likeness (QED) is 0.917. The molecule has 0 radical (unpaired) electrons. The van der Waals surface area contributed by atoms with Gasteiger partial charge in [0.2, 0.25) is 5.13 Å². The Kier molecular flexibility index (Phi) is 4.31. The van der Waals surface area contributed by atoms with Crippen LogP contribution in [0, 0.1) is 0 Å². The largest absolute Gasteiger partial charge is 0.353 e. The third kappa shape index (κ3) is 3.14. The third-order valence-corrected chi connectivity index (χ3v) is 4.51. The number of nitrogens with zero attached hydrogens (tertiary/aromatic N) is 5. The topological polar surface area (TPSA) is 71.2 Å². The number of rotatable bonds is 4. The highest BCUT2D eigenvalue weighted by Crippen LogP contribution is 2.21. The van der Waals surface area contributed by atoms with Gasteiger partial charge >= 0.3 is 0 Å². The van der Waals surface area contributed by atoms with E-state index >= 15 is 0 Å². The molecule has 2 aromatic rings. The summed E-state index contributed by atoms with van der Waals surface area (Å²) in [6, 6.07) is 4.10.